The molecule has 0 spiro atoms. The standard InChI is InChI=1S/C29H37N9O3.C2H6/c1-17(35-16-25(39)38-10-4-5-22(38)15-30)14-29(28(31)36-37-32)23-8-6-18(26(40)33-2)11-20(23)13-21-12-19(27(41)34-3)7-9-24(21)29;1-2/h6-9,11-12,17,22,35,37H,4-5,10,13-14,16,32H2,1-3H3,(H2,31,36)(H,33,40)(H,34,41);1-2H3/t17-,22?;/m1./s1. The lowest BCUT2D eigenvalue weighted by molar-refractivity contribution is -0.130. The predicted molar refractivity (Wildman–Crippen MR) is 166 cm³/mol. The van der Waals surface area contributed by atoms with Crippen LogP contribution in [0.4, 0.5) is 0 Å². The first-order chi connectivity index (χ1) is 20.7. The molecule has 3 amide bonds. The summed E-state index contributed by atoms with van der Waals surface area (Å²) >= 11 is 0. The second-order valence-electron chi connectivity index (χ2n) is 10.5. The predicted octanol–water partition coefficient (Wildman–Crippen LogP) is 1.24. The smallest absolute Gasteiger partial charge is 0.251 e. The Bertz CT molecular complexity index is 1350. The minimum Gasteiger partial charge on any atom is -0.385 e. The van der Waals surface area contributed by atoms with Crippen LogP contribution in [0, 0.1) is 11.3 Å². The summed E-state index contributed by atoms with van der Waals surface area (Å²) in [6.07, 6.45) is 2.35. The number of hydrogen-bond donors (Lipinski definition) is 6. The van der Waals surface area contributed by atoms with E-state index in [1.807, 2.05) is 45.0 Å². The normalized spacial score (nSPS) is 17.3. The second kappa shape index (κ2) is 14.6. The molecule has 2 aliphatic rings. The molecule has 2 atom stereocenters. The van der Waals surface area contributed by atoms with Crippen molar-refractivity contribution in [1.29, 1.82) is 5.26 Å². The third-order valence-electron chi connectivity index (χ3n) is 8.05. The number of nitrogens with one attached hydrogen (secondary N) is 4. The lowest BCUT2D eigenvalue weighted by Crippen LogP contribution is -2.51. The van der Waals surface area contributed by atoms with Crippen LogP contribution >= 0.6 is 0 Å². The van der Waals surface area contributed by atoms with Gasteiger partial charge in [0.25, 0.3) is 11.8 Å². The van der Waals surface area contributed by atoms with Gasteiger partial charge in [-0.3, -0.25) is 14.4 Å². The molecule has 0 radical (unpaired) electrons. The van der Waals surface area contributed by atoms with Crippen LogP contribution in [0.25, 0.3) is 0 Å². The average molecular weight is 590 g/mol. The van der Waals surface area contributed by atoms with Gasteiger partial charge in [-0.25, -0.2) is 11.4 Å². The maximum Gasteiger partial charge on any atom is 0.251 e. The van der Waals surface area contributed by atoms with E-state index in [-0.39, 0.29) is 36.1 Å². The maximum atomic E-state index is 12.9. The van der Waals surface area contributed by atoms with Crippen molar-refractivity contribution in [2.24, 2.45) is 16.7 Å². The van der Waals surface area contributed by atoms with Crippen molar-refractivity contribution in [1.82, 2.24) is 26.4 Å². The van der Waals surface area contributed by atoms with E-state index < -0.39 is 11.5 Å². The highest BCUT2D eigenvalue weighted by molar-refractivity contribution is 5.99. The van der Waals surface area contributed by atoms with Crippen molar-refractivity contribution in [3.63, 3.8) is 0 Å². The van der Waals surface area contributed by atoms with Gasteiger partial charge in [0.05, 0.1) is 18.0 Å². The number of carbonyl (C=O) groups is 3. The molecule has 0 aromatic heterocycles. The van der Waals surface area contributed by atoms with Gasteiger partial charge in [0.15, 0.2) is 0 Å². The number of amidine groups is 1. The summed E-state index contributed by atoms with van der Waals surface area (Å²) in [5.74, 6) is 5.23. The Labute approximate surface area is 253 Å². The van der Waals surface area contributed by atoms with Crippen LogP contribution in [0.3, 0.4) is 0 Å². The molecule has 1 saturated heterocycles. The van der Waals surface area contributed by atoms with Crippen molar-refractivity contribution >= 4 is 23.6 Å². The van der Waals surface area contributed by atoms with Crippen LogP contribution in [-0.4, -0.2) is 67.7 Å². The number of likely N-dealkylation sites (tertiary alicyclic amines) is 1. The van der Waals surface area contributed by atoms with Crippen LogP contribution in [0.1, 0.15) is 83.0 Å². The van der Waals surface area contributed by atoms with Gasteiger partial charge >= 0.3 is 0 Å². The van der Waals surface area contributed by atoms with Crippen LogP contribution in [0.15, 0.2) is 41.5 Å². The van der Waals surface area contributed by atoms with Gasteiger partial charge in [-0.1, -0.05) is 26.0 Å². The monoisotopic (exact) mass is 589 g/mol. The Morgan fingerprint density at radius 2 is 1.63 bits per heavy atom. The molecule has 2 aromatic rings. The number of carbonyl (C=O) groups excluding carboxylic acids is 3. The molecule has 4 rings (SSSR count). The Balaban J connectivity index is 0.00000248. The van der Waals surface area contributed by atoms with Crippen molar-refractivity contribution in [3.8, 4) is 6.07 Å². The molecule has 1 aliphatic carbocycles. The number of nitrogens with zero attached hydrogens (tertiary/aromatic N) is 3. The highest BCUT2D eigenvalue weighted by atomic mass is 16.2. The third kappa shape index (κ3) is 6.63. The van der Waals surface area contributed by atoms with E-state index in [4.69, 9.17) is 11.6 Å². The molecule has 1 unspecified atom stereocenters. The van der Waals surface area contributed by atoms with E-state index in [9.17, 15) is 19.6 Å². The first kappa shape index (κ1) is 33.0. The summed E-state index contributed by atoms with van der Waals surface area (Å²) in [5.41, 5.74) is 12.5. The van der Waals surface area contributed by atoms with Crippen LogP contribution in [-0.2, 0) is 16.6 Å². The summed E-state index contributed by atoms with van der Waals surface area (Å²) in [6.45, 7) is 6.59. The average Bonchev–Trinajstić information content (AvgIpc) is 3.52. The van der Waals surface area contributed by atoms with Crippen molar-refractivity contribution in [2.75, 3.05) is 27.2 Å². The number of rotatable bonds is 9. The SMILES string of the molecule is CC.CNC(=O)c1ccc2c(c1)Cc1cc(C(=O)NC)ccc1C2(C[C@@H](C)NCC(=O)N1CCCC1C#N)/C(N)=N/NN. The number of hydrogen-bond acceptors (Lipinski definition) is 8. The summed E-state index contributed by atoms with van der Waals surface area (Å²) in [5, 5.41) is 22.3. The molecular formula is C31H43N9O3. The van der Waals surface area contributed by atoms with E-state index in [2.05, 4.69) is 32.7 Å². The van der Waals surface area contributed by atoms with Crippen LogP contribution in [0.2, 0.25) is 0 Å². The highest BCUT2D eigenvalue weighted by Gasteiger charge is 2.46. The van der Waals surface area contributed by atoms with E-state index in [0.717, 1.165) is 28.7 Å². The van der Waals surface area contributed by atoms with Gasteiger partial charge in [-0.15, -0.1) is 0 Å². The second-order valence-corrected chi connectivity index (χ2v) is 10.5. The molecule has 1 fully saturated rings. The Hall–Kier alpha value is -4.47. The molecular weight excluding hydrogens is 546 g/mol. The molecule has 1 aliphatic heterocycles. The van der Waals surface area contributed by atoms with Gasteiger partial charge in [0.1, 0.15) is 11.9 Å². The quantitative estimate of drug-likeness (QED) is 0.109. The van der Waals surface area contributed by atoms with Crippen molar-refractivity contribution < 1.29 is 14.4 Å². The van der Waals surface area contributed by atoms with E-state index >= 15 is 0 Å². The fourth-order valence-electron chi connectivity index (χ4n) is 6.09. The van der Waals surface area contributed by atoms with Gasteiger partial charge in [-0.2, -0.15) is 10.4 Å². The van der Waals surface area contributed by atoms with Gasteiger partial charge in [0, 0.05) is 37.8 Å². The molecule has 2 aromatic carbocycles. The number of nitrogens with two attached hydrogens (primary N) is 2. The molecule has 1 heterocycles. The number of hydrazone groups is 1. The zero-order chi connectivity index (χ0) is 31.7. The largest absolute Gasteiger partial charge is 0.385 e. The molecule has 12 nitrogen and oxygen atoms in total. The van der Waals surface area contributed by atoms with Crippen molar-refractivity contribution in [2.45, 2.75) is 64.0 Å². The molecule has 0 saturated carbocycles. The van der Waals surface area contributed by atoms with E-state index in [0.29, 0.717) is 36.9 Å². The first-order valence-electron chi connectivity index (χ1n) is 14.6. The molecule has 8 N–H and O–H groups in total. The van der Waals surface area contributed by atoms with Crippen LogP contribution < -0.4 is 33.1 Å². The number of fused-ring (bicyclic) bond motifs is 2. The fraction of sp³-hybridized carbons (Fsp3) is 0.452. The molecule has 43 heavy (non-hydrogen) atoms. The van der Waals surface area contributed by atoms with Crippen LogP contribution in [0.5, 0.6) is 0 Å². The molecule has 12 heteroatoms. The summed E-state index contributed by atoms with van der Waals surface area (Å²) in [4.78, 5) is 39.6. The number of amides is 3. The number of hydrazine groups is 1. The van der Waals surface area contributed by atoms with E-state index in [1.54, 1.807) is 31.1 Å². The minimum atomic E-state index is -1.00. The van der Waals surface area contributed by atoms with Crippen molar-refractivity contribution in [3.05, 3.63) is 69.8 Å². The lowest BCUT2D eigenvalue weighted by atomic mass is 9.62. The molecule has 230 valence electrons. The Morgan fingerprint density at radius 3 is 2.12 bits per heavy atom. The topological polar surface area (TPSA) is 191 Å². The third-order valence-corrected chi connectivity index (χ3v) is 8.05. The highest BCUT2D eigenvalue weighted by Crippen LogP contribution is 2.45. The Kier molecular flexibility index (Phi) is 11.2. The first-order valence-corrected chi connectivity index (χ1v) is 14.6. The number of benzene rings is 2. The maximum absolute atomic E-state index is 12.9. The summed E-state index contributed by atoms with van der Waals surface area (Å²) in [7, 11) is 3.15. The van der Waals surface area contributed by atoms with Gasteiger partial charge < -0.3 is 26.6 Å². The number of nitriles is 1. The zero-order valence-electron chi connectivity index (χ0n) is 25.6. The van der Waals surface area contributed by atoms with Gasteiger partial charge in [-0.05, 0) is 79.1 Å². The van der Waals surface area contributed by atoms with E-state index in [1.165, 1.54) is 0 Å². The zero-order valence-corrected chi connectivity index (χ0v) is 25.6. The summed E-state index contributed by atoms with van der Waals surface area (Å²) in [6, 6.07) is 12.5. The fourth-order valence-corrected chi connectivity index (χ4v) is 6.09. The Morgan fingerprint density at radius 1 is 1.07 bits per heavy atom. The minimum absolute atomic E-state index is 0.0620. The molecule has 0 bridgehead atoms. The lowest BCUT2D eigenvalue weighted by Gasteiger charge is -2.42. The van der Waals surface area contributed by atoms with Gasteiger partial charge in [0.2, 0.25) is 5.91 Å². The summed E-state index contributed by atoms with van der Waals surface area (Å²) < 4.78 is 0.